The van der Waals surface area contributed by atoms with Gasteiger partial charge >= 0.3 is 0 Å². The SMILES string of the molecule is C[C@@H]1OC(n2c3ccccc3c3ccc4ccccc4c32)[C@H](O)[C@H](O)[C@H]1O. The second-order valence-electron chi connectivity index (χ2n) is 7.27. The number of hydrogen-bond acceptors (Lipinski definition) is 4. The molecule has 1 unspecified atom stereocenters. The molecule has 1 aliphatic rings. The number of rotatable bonds is 1. The van der Waals surface area contributed by atoms with Gasteiger partial charge in [-0.2, -0.15) is 0 Å². The van der Waals surface area contributed by atoms with E-state index in [1.807, 2.05) is 41.0 Å². The monoisotopic (exact) mass is 363 g/mol. The first-order valence-corrected chi connectivity index (χ1v) is 9.18. The van der Waals surface area contributed by atoms with Crippen LogP contribution in [-0.2, 0) is 4.74 Å². The molecule has 3 N–H and O–H groups in total. The van der Waals surface area contributed by atoms with Crippen LogP contribution in [-0.4, -0.2) is 44.3 Å². The Balaban J connectivity index is 1.88. The lowest BCUT2D eigenvalue weighted by Crippen LogP contribution is -2.54. The van der Waals surface area contributed by atoms with Gasteiger partial charge in [-0.05, 0) is 18.4 Å². The first-order valence-electron chi connectivity index (χ1n) is 9.18. The fourth-order valence-electron chi connectivity index (χ4n) is 4.27. The molecule has 5 heteroatoms. The molecule has 5 atom stereocenters. The van der Waals surface area contributed by atoms with Gasteiger partial charge in [0.2, 0.25) is 0 Å². The van der Waals surface area contributed by atoms with Crippen molar-refractivity contribution >= 4 is 32.6 Å². The van der Waals surface area contributed by atoms with Crippen molar-refractivity contribution in [3.05, 3.63) is 60.7 Å². The minimum Gasteiger partial charge on any atom is -0.388 e. The molecule has 138 valence electrons. The van der Waals surface area contributed by atoms with Crippen molar-refractivity contribution in [2.75, 3.05) is 0 Å². The number of ether oxygens (including phenoxy) is 1. The lowest BCUT2D eigenvalue weighted by molar-refractivity contribution is -0.238. The molecule has 4 aromatic rings. The number of hydrogen-bond donors (Lipinski definition) is 3. The largest absolute Gasteiger partial charge is 0.388 e. The maximum atomic E-state index is 10.7. The zero-order valence-corrected chi connectivity index (χ0v) is 14.9. The molecule has 5 rings (SSSR count). The predicted octanol–water partition coefficient (Wildman–Crippen LogP) is 2.95. The Hall–Kier alpha value is -2.44. The van der Waals surface area contributed by atoms with Gasteiger partial charge in [-0.1, -0.05) is 54.6 Å². The molecule has 2 heterocycles. The lowest BCUT2D eigenvalue weighted by Gasteiger charge is -2.40. The van der Waals surface area contributed by atoms with E-state index in [9.17, 15) is 15.3 Å². The highest BCUT2D eigenvalue weighted by atomic mass is 16.5. The highest BCUT2D eigenvalue weighted by Crippen LogP contribution is 2.39. The topological polar surface area (TPSA) is 74.9 Å². The molecule has 0 saturated carbocycles. The van der Waals surface area contributed by atoms with Crippen molar-refractivity contribution in [2.45, 2.75) is 37.6 Å². The average Bonchev–Trinajstić information content (AvgIpc) is 3.04. The van der Waals surface area contributed by atoms with E-state index in [1.54, 1.807) is 6.92 Å². The second-order valence-corrected chi connectivity index (χ2v) is 7.27. The van der Waals surface area contributed by atoms with E-state index in [4.69, 9.17) is 4.74 Å². The van der Waals surface area contributed by atoms with Crippen LogP contribution >= 0.6 is 0 Å². The summed E-state index contributed by atoms with van der Waals surface area (Å²) in [6, 6.07) is 20.2. The van der Waals surface area contributed by atoms with Crippen LogP contribution < -0.4 is 0 Å². The fraction of sp³-hybridized carbons (Fsp3) is 0.273. The van der Waals surface area contributed by atoms with E-state index in [1.165, 1.54) is 0 Å². The predicted molar refractivity (Wildman–Crippen MR) is 105 cm³/mol. The zero-order chi connectivity index (χ0) is 18.7. The van der Waals surface area contributed by atoms with Crippen LogP contribution in [0.3, 0.4) is 0 Å². The van der Waals surface area contributed by atoms with Crippen LogP contribution in [0.1, 0.15) is 13.2 Å². The summed E-state index contributed by atoms with van der Waals surface area (Å²) in [5.41, 5.74) is 1.87. The van der Waals surface area contributed by atoms with Crippen molar-refractivity contribution in [3.8, 4) is 0 Å². The third-order valence-electron chi connectivity index (χ3n) is 5.68. The quantitative estimate of drug-likeness (QED) is 0.486. The summed E-state index contributed by atoms with van der Waals surface area (Å²) in [7, 11) is 0. The molecule has 5 nitrogen and oxygen atoms in total. The molecule has 3 aromatic carbocycles. The molecular formula is C22H21NO4. The van der Waals surface area contributed by atoms with E-state index in [2.05, 4.69) is 24.3 Å². The smallest absolute Gasteiger partial charge is 0.163 e. The Morgan fingerprint density at radius 3 is 2.26 bits per heavy atom. The maximum Gasteiger partial charge on any atom is 0.163 e. The second kappa shape index (κ2) is 6.04. The minimum atomic E-state index is -1.27. The van der Waals surface area contributed by atoms with Gasteiger partial charge in [-0.15, -0.1) is 0 Å². The molecule has 0 bridgehead atoms. The number of benzene rings is 3. The minimum absolute atomic E-state index is 0.598. The molecule has 0 amide bonds. The van der Waals surface area contributed by atoms with Gasteiger partial charge in [0.15, 0.2) is 6.23 Å². The maximum absolute atomic E-state index is 10.7. The Morgan fingerprint density at radius 1 is 0.741 bits per heavy atom. The van der Waals surface area contributed by atoms with Crippen LogP contribution in [0.25, 0.3) is 32.6 Å². The van der Waals surface area contributed by atoms with Gasteiger partial charge in [0.25, 0.3) is 0 Å². The first kappa shape index (κ1) is 16.7. The Morgan fingerprint density at radius 2 is 1.44 bits per heavy atom. The van der Waals surface area contributed by atoms with Crippen LogP contribution in [0.2, 0.25) is 0 Å². The Kier molecular flexibility index (Phi) is 3.74. The van der Waals surface area contributed by atoms with E-state index < -0.39 is 30.6 Å². The molecule has 1 fully saturated rings. The highest BCUT2D eigenvalue weighted by molar-refractivity contribution is 6.17. The van der Waals surface area contributed by atoms with Crippen molar-refractivity contribution in [3.63, 3.8) is 0 Å². The fourth-order valence-corrected chi connectivity index (χ4v) is 4.27. The van der Waals surface area contributed by atoms with Crippen molar-refractivity contribution in [1.29, 1.82) is 0 Å². The normalized spacial score (nSPS) is 29.0. The molecule has 1 aromatic heterocycles. The van der Waals surface area contributed by atoms with Gasteiger partial charge in [0, 0.05) is 16.2 Å². The molecule has 1 aliphatic heterocycles. The number of fused-ring (bicyclic) bond motifs is 5. The lowest BCUT2D eigenvalue weighted by atomic mass is 9.98. The number of aliphatic hydroxyl groups is 3. The molecular weight excluding hydrogens is 342 g/mol. The van der Waals surface area contributed by atoms with Crippen LogP contribution in [0.15, 0.2) is 60.7 Å². The third-order valence-corrected chi connectivity index (χ3v) is 5.68. The summed E-state index contributed by atoms with van der Waals surface area (Å²) in [6.45, 7) is 1.71. The van der Waals surface area contributed by atoms with Crippen LogP contribution in [0.4, 0.5) is 0 Å². The van der Waals surface area contributed by atoms with Gasteiger partial charge in [-0.3, -0.25) is 0 Å². The molecule has 1 saturated heterocycles. The van der Waals surface area contributed by atoms with Crippen molar-refractivity contribution in [2.24, 2.45) is 0 Å². The summed E-state index contributed by atoms with van der Waals surface area (Å²) in [6.07, 6.45) is -5.04. The van der Waals surface area contributed by atoms with E-state index in [-0.39, 0.29) is 0 Å². The number of aromatic nitrogens is 1. The van der Waals surface area contributed by atoms with Gasteiger partial charge in [-0.25, -0.2) is 0 Å². The zero-order valence-electron chi connectivity index (χ0n) is 14.9. The first-order chi connectivity index (χ1) is 13.1. The van der Waals surface area contributed by atoms with E-state index in [0.29, 0.717) is 0 Å². The summed E-state index contributed by atoms with van der Waals surface area (Å²) < 4.78 is 7.96. The van der Waals surface area contributed by atoms with Crippen molar-refractivity contribution in [1.82, 2.24) is 4.57 Å². The molecule has 0 spiro atoms. The molecule has 27 heavy (non-hydrogen) atoms. The number of aliphatic hydroxyl groups excluding tert-OH is 3. The molecule has 0 aliphatic carbocycles. The summed E-state index contributed by atoms with van der Waals surface area (Å²) in [5.74, 6) is 0. The standard InChI is InChI=1S/C22H21NO4/c1-12-19(24)20(25)21(26)22(27-12)23-17-9-5-4-8-15(17)16-11-10-13-6-2-3-7-14(13)18(16)23/h2-12,19-22,24-26H,1H3/t12-,19-,20+,21+,22?/m0/s1. The van der Waals surface area contributed by atoms with Gasteiger partial charge < -0.3 is 24.6 Å². The van der Waals surface area contributed by atoms with Crippen molar-refractivity contribution < 1.29 is 20.1 Å². The van der Waals surface area contributed by atoms with E-state index in [0.717, 1.165) is 32.6 Å². The van der Waals surface area contributed by atoms with Gasteiger partial charge in [0.05, 0.1) is 17.1 Å². The van der Waals surface area contributed by atoms with Crippen LogP contribution in [0.5, 0.6) is 0 Å². The van der Waals surface area contributed by atoms with Gasteiger partial charge in [0.1, 0.15) is 18.3 Å². The average molecular weight is 363 g/mol. The Labute approximate surface area is 156 Å². The number of nitrogens with zero attached hydrogens (tertiary/aromatic N) is 1. The molecule has 0 radical (unpaired) electrons. The Bertz CT molecular complexity index is 1150. The van der Waals surface area contributed by atoms with Crippen LogP contribution in [0, 0.1) is 0 Å². The third kappa shape index (κ3) is 2.33. The summed E-state index contributed by atoms with van der Waals surface area (Å²) >= 11 is 0. The van der Waals surface area contributed by atoms with E-state index >= 15 is 0 Å². The highest BCUT2D eigenvalue weighted by Gasteiger charge is 2.43. The summed E-state index contributed by atoms with van der Waals surface area (Å²) in [5, 5.41) is 35.4. The summed E-state index contributed by atoms with van der Waals surface area (Å²) in [4.78, 5) is 0. The number of para-hydroxylation sites is 1.